The van der Waals surface area contributed by atoms with E-state index in [1.807, 2.05) is 0 Å². The number of carbonyl (C=O) groups is 1. The number of halogens is 1. The standard InChI is InChI=1S/C23H23ClN2O5S/c1-16-7-8-17(15-22(16)32(28,29)26-21-6-4-3-5-20(21)24)25-23(27)13-14-31-19-11-9-18(30-2)10-12-19/h3-12,15,26H,13-14H2,1-2H3,(H,25,27). The van der Waals surface area contributed by atoms with Crippen molar-refractivity contribution < 1.29 is 22.7 Å². The second kappa shape index (κ2) is 10.4. The second-order valence-electron chi connectivity index (χ2n) is 6.89. The van der Waals surface area contributed by atoms with Crippen molar-refractivity contribution in [2.24, 2.45) is 0 Å². The van der Waals surface area contributed by atoms with E-state index >= 15 is 0 Å². The van der Waals surface area contributed by atoms with Gasteiger partial charge in [-0.25, -0.2) is 8.42 Å². The number of ether oxygens (including phenoxy) is 2. The fourth-order valence-electron chi connectivity index (χ4n) is 2.87. The van der Waals surface area contributed by atoms with Crippen molar-refractivity contribution in [3.8, 4) is 11.5 Å². The van der Waals surface area contributed by atoms with Crippen molar-refractivity contribution >= 4 is 38.9 Å². The first kappa shape index (κ1) is 23.4. The van der Waals surface area contributed by atoms with E-state index in [0.29, 0.717) is 22.7 Å². The third-order valence-electron chi connectivity index (χ3n) is 4.54. The second-order valence-corrected chi connectivity index (χ2v) is 8.95. The van der Waals surface area contributed by atoms with Crippen molar-refractivity contribution in [2.45, 2.75) is 18.2 Å². The minimum Gasteiger partial charge on any atom is -0.497 e. The normalized spacial score (nSPS) is 11.0. The maximum absolute atomic E-state index is 12.9. The van der Waals surface area contributed by atoms with Gasteiger partial charge in [0.1, 0.15) is 11.5 Å². The molecule has 0 radical (unpaired) electrons. The molecule has 0 saturated heterocycles. The Bertz CT molecular complexity index is 1200. The van der Waals surface area contributed by atoms with Gasteiger partial charge in [0.05, 0.1) is 35.7 Å². The van der Waals surface area contributed by atoms with Crippen molar-refractivity contribution in [1.82, 2.24) is 0 Å². The molecule has 1 amide bonds. The van der Waals surface area contributed by atoms with Gasteiger partial charge < -0.3 is 14.8 Å². The molecule has 168 valence electrons. The van der Waals surface area contributed by atoms with Crippen molar-refractivity contribution in [2.75, 3.05) is 23.8 Å². The van der Waals surface area contributed by atoms with E-state index < -0.39 is 10.0 Å². The first-order valence-corrected chi connectivity index (χ1v) is 11.6. The third-order valence-corrected chi connectivity index (χ3v) is 6.37. The van der Waals surface area contributed by atoms with E-state index in [-0.39, 0.29) is 34.5 Å². The topological polar surface area (TPSA) is 93.7 Å². The quantitative estimate of drug-likeness (QED) is 0.461. The number of para-hydroxylation sites is 1. The van der Waals surface area contributed by atoms with Crippen LogP contribution in [0.2, 0.25) is 5.02 Å². The Morgan fingerprint density at radius 2 is 1.69 bits per heavy atom. The van der Waals surface area contributed by atoms with Crippen LogP contribution in [-0.2, 0) is 14.8 Å². The lowest BCUT2D eigenvalue weighted by molar-refractivity contribution is -0.116. The number of hydrogen-bond donors (Lipinski definition) is 2. The van der Waals surface area contributed by atoms with Crippen LogP contribution in [0.25, 0.3) is 0 Å². The molecule has 3 aromatic rings. The van der Waals surface area contributed by atoms with Gasteiger partial charge in [0, 0.05) is 5.69 Å². The molecule has 2 N–H and O–H groups in total. The number of aryl methyl sites for hydroxylation is 1. The fraction of sp³-hybridized carbons (Fsp3) is 0.174. The summed E-state index contributed by atoms with van der Waals surface area (Å²) in [5.41, 5.74) is 1.17. The molecule has 0 heterocycles. The Morgan fingerprint density at radius 3 is 2.38 bits per heavy atom. The minimum absolute atomic E-state index is 0.0460. The number of benzene rings is 3. The van der Waals surface area contributed by atoms with Crippen LogP contribution in [0, 0.1) is 6.92 Å². The summed E-state index contributed by atoms with van der Waals surface area (Å²) >= 11 is 6.06. The molecule has 32 heavy (non-hydrogen) atoms. The summed E-state index contributed by atoms with van der Waals surface area (Å²) in [5, 5.41) is 2.99. The van der Waals surface area contributed by atoms with E-state index in [4.69, 9.17) is 21.1 Å². The monoisotopic (exact) mass is 474 g/mol. The molecule has 3 rings (SSSR count). The summed E-state index contributed by atoms with van der Waals surface area (Å²) in [6, 6.07) is 18.3. The molecular formula is C23H23ClN2O5S. The number of hydrogen-bond acceptors (Lipinski definition) is 5. The predicted molar refractivity (Wildman–Crippen MR) is 125 cm³/mol. The Balaban J connectivity index is 1.63. The molecule has 0 aromatic heterocycles. The number of nitrogens with one attached hydrogen (secondary N) is 2. The summed E-state index contributed by atoms with van der Waals surface area (Å²) in [6.07, 6.45) is 0.0971. The molecule has 0 fully saturated rings. The van der Waals surface area contributed by atoms with Gasteiger partial charge in [-0.3, -0.25) is 9.52 Å². The van der Waals surface area contributed by atoms with Crippen LogP contribution < -0.4 is 19.5 Å². The fourth-order valence-corrected chi connectivity index (χ4v) is 4.46. The Labute approximate surface area is 192 Å². The zero-order valence-corrected chi connectivity index (χ0v) is 19.2. The summed E-state index contributed by atoms with van der Waals surface area (Å²) in [6.45, 7) is 1.85. The van der Waals surface area contributed by atoms with Crippen LogP contribution in [0.15, 0.2) is 71.6 Å². The zero-order chi connectivity index (χ0) is 23.1. The van der Waals surface area contributed by atoms with Gasteiger partial charge >= 0.3 is 0 Å². The van der Waals surface area contributed by atoms with Gasteiger partial charge in [-0.2, -0.15) is 0 Å². The van der Waals surface area contributed by atoms with Crippen molar-refractivity contribution in [1.29, 1.82) is 0 Å². The highest BCUT2D eigenvalue weighted by Crippen LogP contribution is 2.27. The number of rotatable bonds is 9. The van der Waals surface area contributed by atoms with E-state index in [1.54, 1.807) is 74.7 Å². The van der Waals surface area contributed by atoms with Crippen LogP contribution in [-0.4, -0.2) is 28.0 Å². The van der Waals surface area contributed by atoms with E-state index in [1.165, 1.54) is 6.07 Å². The van der Waals surface area contributed by atoms with Gasteiger partial charge in [-0.15, -0.1) is 0 Å². The predicted octanol–water partition coefficient (Wildman–Crippen LogP) is 4.87. The maximum atomic E-state index is 12.9. The number of methoxy groups -OCH3 is 1. The zero-order valence-electron chi connectivity index (χ0n) is 17.6. The van der Waals surface area contributed by atoms with E-state index in [9.17, 15) is 13.2 Å². The summed E-state index contributed by atoms with van der Waals surface area (Å²) in [4.78, 5) is 12.3. The molecule has 0 unspecified atom stereocenters. The number of anilines is 2. The first-order chi connectivity index (χ1) is 15.3. The van der Waals surface area contributed by atoms with Gasteiger partial charge in [0.25, 0.3) is 10.0 Å². The smallest absolute Gasteiger partial charge is 0.262 e. The summed E-state index contributed by atoms with van der Waals surface area (Å²) < 4.78 is 38.9. The van der Waals surface area contributed by atoms with Gasteiger partial charge in [-0.05, 0) is 61.0 Å². The Kier molecular flexibility index (Phi) is 7.61. The van der Waals surface area contributed by atoms with Crippen LogP contribution in [0.5, 0.6) is 11.5 Å². The Hall–Kier alpha value is -3.23. The molecule has 0 aliphatic rings. The van der Waals surface area contributed by atoms with Gasteiger partial charge in [0.15, 0.2) is 0 Å². The van der Waals surface area contributed by atoms with Crippen molar-refractivity contribution in [3.05, 3.63) is 77.3 Å². The van der Waals surface area contributed by atoms with Crippen LogP contribution in [0.4, 0.5) is 11.4 Å². The highest BCUT2D eigenvalue weighted by molar-refractivity contribution is 7.92. The molecule has 0 atom stereocenters. The van der Waals surface area contributed by atoms with Crippen LogP contribution >= 0.6 is 11.6 Å². The largest absolute Gasteiger partial charge is 0.497 e. The third kappa shape index (κ3) is 6.15. The minimum atomic E-state index is -3.90. The molecule has 0 spiro atoms. The molecule has 0 aliphatic carbocycles. The van der Waals surface area contributed by atoms with Crippen LogP contribution in [0.1, 0.15) is 12.0 Å². The van der Waals surface area contributed by atoms with Crippen LogP contribution in [0.3, 0.4) is 0 Å². The number of sulfonamides is 1. The maximum Gasteiger partial charge on any atom is 0.262 e. The molecule has 7 nitrogen and oxygen atoms in total. The highest BCUT2D eigenvalue weighted by Gasteiger charge is 2.19. The Morgan fingerprint density at radius 1 is 1.00 bits per heavy atom. The molecule has 0 saturated carbocycles. The van der Waals surface area contributed by atoms with E-state index in [2.05, 4.69) is 10.0 Å². The summed E-state index contributed by atoms with van der Waals surface area (Å²) in [7, 11) is -2.33. The lowest BCUT2D eigenvalue weighted by Crippen LogP contribution is -2.17. The molecule has 0 aliphatic heterocycles. The van der Waals surface area contributed by atoms with Crippen molar-refractivity contribution in [3.63, 3.8) is 0 Å². The average Bonchev–Trinajstić information content (AvgIpc) is 2.77. The molecular weight excluding hydrogens is 452 g/mol. The molecule has 3 aromatic carbocycles. The first-order valence-electron chi connectivity index (χ1n) is 9.73. The number of amides is 1. The van der Waals surface area contributed by atoms with E-state index in [0.717, 1.165) is 0 Å². The van der Waals surface area contributed by atoms with Gasteiger partial charge in [0.2, 0.25) is 5.91 Å². The lowest BCUT2D eigenvalue weighted by atomic mass is 10.2. The van der Waals surface area contributed by atoms with Gasteiger partial charge in [-0.1, -0.05) is 29.8 Å². The highest BCUT2D eigenvalue weighted by atomic mass is 35.5. The lowest BCUT2D eigenvalue weighted by Gasteiger charge is -2.13. The molecule has 9 heteroatoms. The number of carbonyl (C=O) groups excluding carboxylic acids is 1. The molecule has 0 bridgehead atoms. The average molecular weight is 475 g/mol. The summed E-state index contributed by atoms with van der Waals surface area (Å²) in [5.74, 6) is 1.03. The SMILES string of the molecule is COc1ccc(OCCC(=O)Nc2ccc(C)c(S(=O)(=O)Nc3ccccc3Cl)c2)cc1.